The van der Waals surface area contributed by atoms with E-state index in [2.05, 4.69) is 17.9 Å². The summed E-state index contributed by atoms with van der Waals surface area (Å²) >= 11 is 0. The first-order valence-corrected chi connectivity index (χ1v) is 5.71. The number of anilines is 1. The minimum Gasteiger partial charge on any atom is -0.364 e. The Labute approximate surface area is 128 Å². The van der Waals surface area contributed by atoms with Crippen molar-refractivity contribution >= 4 is 11.6 Å². The predicted octanol–water partition coefficient (Wildman–Crippen LogP) is 1.46. The second-order valence-electron chi connectivity index (χ2n) is 4.14. The summed E-state index contributed by atoms with van der Waals surface area (Å²) in [6, 6.07) is 9.02. The van der Waals surface area contributed by atoms with Gasteiger partial charge in [-0.25, -0.2) is 0 Å². The number of benzene rings is 1. The molecular formula is C13H17N2OY-. The molecule has 1 amide bonds. The van der Waals surface area contributed by atoms with Crippen LogP contribution in [0.4, 0.5) is 5.69 Å². The molecule has 3 nitrogen and oxygen atoms in total. The van der Waals surface area contributed by atoms with Gasteiger partial charge in [-0.3, -0.25) is 9.69 Å². The van der Waals surface area contributed by atoms with Crippen LogP contribution in [0, 0.1) is 13.0 Å². The molecule has 0 N–H and O–H groups in total. The third-order valence-corrected chi connectivity index (χ3v) is 3.01. The van der Waals surface area contributed by atoms with Crippen molar-refractivity contribution in [3.05, 3.63) is 29.8 Å². The molecule has 0 aromatic heterocycles. The monoisotopic (exact) mass is 306 g/mol. The van der Waals surface area contributed by atoms with Gasteiger partial charge >= 0.3 is 0 Å². The van der Waals surface area contributed by atoms with E-state index in [1.54, 1.807) is 0 Å². The molecule has 1 saturated heterocycles. The van der Waals surface area contributed by atoms with Gasteiger partial charge in [-0.15, -0.1) is 6.07 Å². The molecule has 1 aromatic rings. The molecule has 0 unspecified atom stereocenters. The van der Waals surface area contributed by atoms with Crippen LogP contribution in [0.25, 0.3) is 0 Å². The number of piperazine rings is 1. The number of likely N-dealkylation sites (N-methyl/N-ethyl adjacent to an activating group) is 1. The fourth-order valence-corrected chi connectivity index (χ4v) is 1.93. The number of carbonyl (C=O) groups is 1. The Bertz CT molecular complexity index is 378. The van der Waals surface area contributed by atoms with Crippen LogP contribution in [-0.2, 0) is 37.5 Å². The molecule has 1 radical (unpaired) electrons. The van der Waals surface area contributed by atoms with Crippen LogP contribution >= 0.6 is 0 Å². The number of hydrogen-bond acceptors (Lipinski definition) is 2. The van der Waals surface area contributed by atoms with E-state index in [9.17, 15) is 4.79 Å². The molecule has 1 aliphatic rings. The summed E-state index contributed by atoms with van der Waals surface area (Å²) in [5.74, 6) is 0.186. The van der Waals surface area contributed by atoms with Gasteiger partial charge in [0.25, 0.3) is 0 Å². The molecule has 1 fully saturated rings. The summed E-state index contributed by atoms with van der Waals surface area (Å²) in [5.41, 5.74) is 2.06. The molecule has 1 aromatic carbocycles. The van der Waals surface area contributed by atoms with E-state index in [1.807, 2.05) is 30.0 Å². The van der Waals surface area contributed by atoms with Gasteiger partial charge in [-0.05, 0) is 6.54 Å². The Balaban J connectivity index is 0.00000144. The molecule has 0 spiro atoms. The maximum atomic E-state index is 11.9. The molecule has 0 aliphatic carbocycles. The van der Waals surface area contributed by atoms with E-state index in [-0.39, 0.29) is 38.6 Å². The van der Waals surface area contributed by atoms with Gasteiger partial charge in [0.05, 0.1) is 6.54 Å². The Morgan fingerprint density at radius 3 is 2.65 bits per heavy atom. The fraction of sp³-hybridized carbons (Fsp3) is 0.462. The molecule has 89 valence electrons. The first kappa shape index (κ1) is 14.8. The third kappa shape index (κ3) is 3.60. The van der Waals surface area contributed by atoms with Crippen molar-refractivity contribution < 1.29 is 37.5 Å². The zero-order valence-corrected chi connectivity index (χ0v) is 13.3. The number of rotatable bonds is 2. The smallest absolute Gasteiger partial charge is 0.230 e. The first-order chi connectivity index (χ1) is 7.70. The molecule has 1 aliphatic heterocycles. The van der Waals surface area contributed by atoms with Crippen molar-refractivity contribution in [2.75, 3.05) is 31.1 Å². The third-order valence-electron chi connectivity index (χ3n) is 3.01. The molecular weight excluding hydrogens is 289 g/mol. The molecule has 4 heteroatoms. The van der Waals surface area contributed by atoms with Crippen LogP contribution in [0.2, 0.25) is 0 Å². The van der Waals surface area contributed by atoms with Gasteiger partial charge in [-0.1, -0.05) is 19.5 Å². The Morgan fingerprint density at radius 2 is 2.12 bits per heavy atom. The van der Waals surface area contributed by atoms with E-state index < -0.39 is 0 Å². The number of nitrogens with zero attached hydrogens (tertiary/aromatic N) is 2. The van der Waals surface area contributed by atoms with Crippen molar-refractivity contribution in [1.82, 2.24) is 4.90 Å². The van der Waals surface area contributed by atoms with Gasteiger partial charge in [0, 0.05) is 45.8 Å². The predicted molar refractivity (Wildman–Crippen MR) is 64.5 cm³/mol. The summed E-state index contributed by atoms with van der Waals surface area (Å²) in [5, 5.41) is 0. The van der Waals surface area contributed by atoms with Crippen molar-refractivity contribution in [3.8, 4) is 0 Å². The van der Waals surface area contributed by atoms with Crippen LogP contribution in [0.5, 0.6) is 0 Å². The second-order valence-corrected chi connectivity index (χ2v) is 4.14. The number of carbonyl (C=O) groups excluding carboxylic acids is 1. The maximum absolute atomic E-state index is 11.9. The quantitative estimate of drug-likeness (QED) is 0.773. The second kappa shape index (κ2) is 6.62. The Morgan fingerprint density at radius 1 is 1.35 bits per heavy atom. The number of amides is 1. The molecule has 1 heterocycles. The average molecular weight is 306 g/mol. The van der Waals surface area contributed by atoms with E-state index in [0.29, 0.717) is 6.54 Å². The van der Waals surface area contributed by atoms with Gasteiger partial charge in [-0.2, -0.15) is 23.8 Å². The van der Waals surface area contributed by atoms with Gasteiger partial charge in [0.15, 0.2) is 0 Å². The molecule has 0 atom stereocenters. The van der Waals surface area contributed by atoms with Crippen molar-refractivity contribution in [2.24, 2.45) is 0 Å². The van der Waals surface area contributed by atoms with Crippen LogP contribution in [0.3, 0.4) is 0 Å². The van der Waals surface area contributed by atoms with E-state index in [1.165, 1.54) is 0 Å². The molecule has 17 heavy (non-hydrogen) atoms. The number of aryl methyl sites for hydroxylation is 1. The molecule has 0 saturated carbocycles. The summed E-state index contributed by atoms with van der Waals surface area (Å²) in [6.45, 7) is 7.30. The van der Waals surface area contributed by atoms with Crippen molar-refractivity contribution in [2.45, 2.75) is 13.8 Å². The average Bonchev–Trinajstić information content (AvgIpc) is 2.30. The summed E-state index contributed by atoms with van der Waals surface area (Å²) in [4.78, 5) is 15.9. The largest absolute Gasteiger partial charge is 0.364 e. The SMILES string of the molecule is CCN1CCN(c2c[c-]c(C)cc2)C(=O)C1.[Y]. The Hall–Kier alpha value is -0.246. The minimum absolute atomic E-state index is 0. The van der Waals surface area contributed by atoms with Crippen LogP contribution in [0.15, 0.2) is 18.2 Å². The summed E-state index contributed by atoms with van der Waals surface area (Å²) < 4.78 is 0. The minimum atomic E-state index is 0. The standard InChI is InChI=1S/C13H17N2O.Y/c1-3-14-8-9-15(13(16)10-14)12-6-4-11(2)5-7-12;/h4,6-7H,3,8-10H2,1-2H3;/q-1;. The normalized spacial score (nSPS) is 16.8. The van der Waals surface area contributed by atoms with E-state index in [4.69, 9.17) is 0 Å². The van der Waals surface area contributed by atoms with E-state index in [0.717, 1.165) is 30.9 Å². The summed E-state index contributed by atoms with van der Waals surface area (Å²) in [7, 11) is 0. The van der Waals surface area contributed by atoms with Crippen molar-refractivity contribution in [3.63, 3.8) is 0 Å². The van der Waals surface area contributed by atoms with E-state index >= 15 is 0 Å². The van der Waals surface area contributed by atoms with Crippen LogP contribution in [-0.4, -0.2) is 37.0 Å². The van der Waals surface area contributed by atoms with Gasteiger partial charge in [0.2, 0.25) is 5.91 Å². The van der Waals surface area contributed by atoms with Crippen LogP contribution in [0.1, 0.15) is 12.5 Å². The zero-order valence-electron chi connectivity index (χ0n) is 10.4. The summed E-state index contributed by atoms with van der Waals surface area (Å²) in [6.07, 6.45) is 0. The first-order valence-electron chi connectivity index (χ1n) is 5.71. The molecule has 2 rings (SSSR count). The fourth-order valence-electron chi connectivity index (χ4n) is 1.93. The van der Waals surface area contributed by atoms with Gasteiger partial charge in [0.1, 0.15) is 0 Å². The number of hydrogen-bond donors (Lipinski definition) is 0. The van der Waals surface area contributed by atoms with Gasteiger partial charge < -0.3 is 4.90 Å². The zero-order chi connectivity index (χ0) is 11.5. The van der Waals surface area contributed by atoms with Crippen LogP contribution < -0.4 is 4.90 Å². The molecule has 0 bridgehead atoms. The topological polar surface area (TPSA) is 23.6 Å². The Kier molecular flexibility index (Phi) is 5.77. The van der Waals surface area contributed by atoms with Crippen molar-refractivity contribution in [1.29, 1.82) is 0 Å². The maximum Gasteiger partial charge on any atom is 0.230 e.